The number of rotatable bonds is 8. The van der Waals surface area contributed by atoms with Crippen LogP contribution in [0.2, 0.25) is 0 Å². The minimum absolute atomic E-state index is 0.0429. The third kappa shape index (κ3) is 6.06. The monoisotopic (exact) mass is 563 g/mol. The minimum atomic E-state index is -3.72. The first-order valence-electron chi connectivity index (χ1n) is 13.2. The predicted octanol–water partition coefficient (Wildman–Crippen LogP) is 3.81. The van der Waals surface area contributed by atoms with E-state index in [0.29, 0.717) is 5.69 Å². The Balaban J connectivity index is 1.69. The molecule has 3 atom stereocenters. The van der Waals surface area contributed by atoms with Crippen molar-refractivity contribution in [2.75, 3.05) is 32.1 Å². The van der Waals surface area contributed by atoms with Gasteiger partial charge in [0.05, 0.1) is 30.4 Å². The molecule has 1 aliphatic heterocycles. The molecule has 208 valence electrons. The average Bonchev–Trinajstić information content (AvgIpc) is 3.47. The van der Waals surface area contributed by atoms with E-state index >= 15 is 0 Å². The molecule has 4 rings (SSSR count). The summed E-state index contributed by atoms with van der Waals surface area (Å²) in [6.07, 6.45) is 4.18. The van der Waals surface area contributed by atoms with Gasteiger partial charge in [0.1, 0.15) is 10.3 Å². The largest absolute Gasteiger partial charge is 0.486 e. The van der Waals surface area contributed by atoms with Crippen LogP contribution in [0.3, 0.4) is 0 Å². The Morgan fingerprint density at radius 1 is 1.24 bits per heavy atom. The van der Waals surface area contributed by atoms with E-state index in [1.54, 1.807) is 47.5 Å². The van der Waals surface area contributed by atoms with Crippen LogP contribution in [0.5, 0.6) is 5.75 Å². The molecule has 2 amide bonds. The number of carbonyl (C=O) groups is 2. The molecule has 11 heteroatoms. The van der Waals surface area contributed by atoms with Crippen molar-refractivity contribution < 1.29 is 27.9 Å². The summed E-state index contributed by atoms with van der Waals surface area (Å²) in [7, 11) is -2.21. The van der Waals surface area contributed by atoms with Gasteiger partial charge in [-0.05, 0) is 43.3 Å². The summed E-state index contributed by atoms with van der Waals surface area (Å²) >= 11 is 1.15. The van der Waals surface area contributed by atoms with Gasteiger partial charge in [0.15, 0.2) is 5.75 Å². The number of benzene rings is 1. The third-order valence-electron chi connectivity index (χ3n) is 7.52. The molecule has 2 aliphatic rings. The fourth-order valence-electron chi connectivity index (χ4n) is 5.07. The second kappa shape index (κ2) is 12.1. The smallest absolute Gasteiger partial charge is 0.258 e. The maximum absolute atomic E-state index is 13.6. The normalized spacial score (nSPS) is 21.8. The Bertz CT molecular complexity index is 1230. The molecular weight excluding hydrogens is 526 g/mol. The number of aliphatic hydroxyl groups excluding tert-OH is 1. The lowest BCUT2D eigenvalue weighted by Crippen LogP contribution is -2.50. The lowest BCUT2D eigenvalue weighted by molar-refractivity contribution is -0.120. The zero-order valence-electron chi connectivity index (χ0n) is 22.1. The van der Waals surface area contributed by atoms with E-state index < -0.39 is 22.2 Å². The fraction of sp³-hybridized carbons (Fsp3) is 0.556. The number of amides is 2. The summed E-state index contributed by atoms with van der Waals surface area (Å²) < 4.78 is 34.3. The summed E-state index contributed by atoms with van der Waals surface area (Å²) in [6, 6.07) is 7.86. The van der Waals surface area contributed by atoms with Gasteiger partial charge in [-0.1, -0.05) is 38.3 Å². The molecular formula is C27H37N3O6S2. The Labute approximate surface area is 228 Å². The summed E-state index contributed by atoms with van der Waals surface area (Å²) in [4.78, 5) is 28.3. The number of nitrogens with zero attached hydrogens (tertiary/aromatic N) is 2. The first-order chi connectivity index (χ1) is 18.1. The Morgan fingerprint density at radius 2 is 1.97 bits per heavy atom. The van der Waals surface area contributed by atoms with Gasteiger partial charge in [0.2, 0.25) is 5.91 Å². The van der Waals surface area contributed by atoms with Crippen molar-refractivity contribution in [3.63, 3.8) is 0 Å². The molecule has 0 unspecified atom stereocenters. The van der Waals surface area contributed by atoms with E-state index in [1.807, 2.05) is 6.92 Å². The van der Waals surface area contributed by atoms with Gasteiger partial charge < -0.3 is 20.1 Å². The molecule has 0 spiro atoms. The van der Waals surface area contributed by atoms with Gasteiger partial charge in [0, 0.05) is 25.4 Å². The lowest BCUT2D eigenvalue weighted by Gasteiger charge is -2.38. The highest BCUT2D eigenvalue weighted by Crippen LogP contribution is 2.36. The summed E-state index contributed by atoms with van der Waals surface area (Å²) in [5.41, 5.74) is 0.665. The number of anilines is 1. The average molecular weight is 564 g/mol. The number of hydrogen-bond donors (Lipinski definition) is 2. The number of thiophene rings is 1. The SMILES string of the molecule is C[C@@H]1CN([C@H](C)CO)C(=O)c2cccc(NC(=O)C3CCCCC3)c2O[C@H]1CN(C)S(=O)(=O)c1cccs1. The lowest BCUT2D eigenvalue weighted by atomic mass is 9.88. The molecule has 0 bridgehead atoms. The molecule has 1 aromatic heterocycles. The van der Waals surface area contributed by atoms with Crippen molar-refractivity contribution in [3.8, 4) is 5.75 Å². The molecule has 2 heterocycles. The number of ether oxygens (including phenoxy) is 1. The second-order valence-electron chi connectivity index (χ2n) is 10.3. The van der Waals surface area contributed by atoms with Crippen LogP contribution in [-0.2, 0) is 14.8 Å². The van der Waals surface area contributed by atoms with E-state index in [1.165, 1.54) is 11.4 Å². The van der Waals surface area contributed by atoms with Crippen LogP contribution in [-0.4, -0.2) is 73.4 Å². The standard InChI is InChI=1S/C27H37N3O6S2/c1-18-15-30(19(2)17-31)27(33)21-11-7-12-22(28-26(32)20-9-5-4-6-10-20)25(21)36-23(18)16-29(3)38(34,35)24-13-8-14-37-24/h7-8,11-14,18-20,23,31H,4-6,9-10,15-17H2,1-3H3,(H,28,32)/t18-,19-,23+/m1/s1. The Kier molecular flexibility index (Phi) is 9.12. The first-order valence-corrected chi connectivity index (χ1v) is 15.5. The quantitative estimate of drug-likeness (QED) is 0.505. The maximum Gasteiger partial charge on any atom is 0.258 e. The van der Waals surface area contributed by atoms with Crippen LogP contribution in [0, 0.1) is 11.8 Å². The number of likely N-dealkylation sites (N-methyl/N-ethyl adjacent to an activating group) is 1. The molecule has 0 radical (unpaired) electrons. The highest BCUT2D eigenvalue weighted by atomic mass is 32.2. The van der Waals surface area contributed by atoms with Crippen LogP contribution < -0.4 is 10.1 Å². The topological polar surface area (TPSA) is 116 Å². The van der Waals surface area contributed by atoms with Gasteiger partial charge in [-0.15, -0.1) is 11.3 Å². The number of carbonyl (C=O) groups excluding carboxylic acids is 2. The maximum atomic E-state index is 13.6. The van der Waals surface area contributed by atoms with Gasteiger partial charge in [-0.25, -0.2) is 8.42 Å². The zero-order chi connectivity index (χ0) is 27.4. The molecule has 1 aromatic carbocycles. The van der Waals surface area contributed by atoms with Crippen molar-refractivity contribution in [2.24, 2.45) is 11.8 Å². The Hall–Kier alpha value is -2.47. The number of sulfonamides is 1. The van der Waals surface area contributed by atoms with E-state index in [2.05, 4.69) is 5.32 Å². The predicted molar refractivity (Wildman–Crippen MR) is 147 cm³/mol. The molecule has 38 heavy (non-hydrogen) atoms. The van der Waals surface area contributed by atoms with E-state index in [9.17, 15) is 23.1 Å². The summed E-state index contributed by atoms with van der Waals surface area (Å²) in [5.74, 6) is -0.537. The number of aliphatic hydroxyl groups is 1. The van der Waals surface area contributed by atoms with Gasteiger partial charge >= 0.3 is 0 Å². The van der Waals surface area contributed by atoms with Crippen LogP contribution in [0.4, 0.5) is 5.69 Å². The van der Waals surface area contributed by atoms with Crippen molar-refractivity contribution in [3.05, 3.63) is 41.3 Å². The van der Waals surface area contributed by atoms with E-state index in [0.717, 1.165) is 43.4 Å². The van der Waals surface area contributed by atoms with Gasteiger partial charge in [-0.2, -0.15) is 4.31 Å². The highest BCUT2D eigenvalue weighted by Gasteiger charge is 2.36. The second-order valence-corrected chi connectivity index (χ2v) is 13.6. The molecule has 2 N–H and O–H groups in total. The van der Waals surface area contributed by atoms with Crippen molar-refractivity contribution in [1.29, 1.82) is 0 Å². The first kappa shape index (κ1) is 28.5. The Morgan fingerprint density at radius 3 is 2.63 bits per heavy atom. The summed E-state index contributed by atoms with van der Waals surface area (Å²) in [6.45, 7) is 3.76. The molecule has 2 aromatic rings. The van der Waals surface area contributed by atoms with Crippen molar-refractivity contribution in [1.82, 2.24) is 9.21 Å². The third-order valence-corrected chi connectivity index (χ3v) is 10.7. The van der Waals surface area contributed by atoms with Crippen LogP contribution >= 0.6 is 11.3 Å². The van der Waals surface area contributed by atoms with Crippen LogP contribution in [0.25, 0.3) is 0 Å². The molecule has 1 aliphatic carbocycles. The highest BCUT2D eigenvalue weighted by molar-refractivity contribution is 7.91. The van der Waals surface area contributed by atoms with Crippen LogP contribution in [0.1, 0.15) is 56.3 Å². The molecule has 0 saturated heterocycles. The van der Waals surface area contributed by atoms with Crippen molar-refractivity contribution in [2.45, 2.75) is 62.3 Å². The fourth-order valence-corrected chi connectivity index (χ4v) is 7.46. The van der Waals surface area contributed by atoms with E-state index in [4.69, 9.17) is 4.74 Å². The zero-order valence-corrected chi connectivity index (χ0v) is 23.8. The number of fused-ring (bicyclic) bond motifs is 1. The molecule has 1 fully saturated rings. The van der Waals surface area contributed by atoms with Gasteiger partial charge in [-0.3, -0.25) is 9.59 Å². The molecule has 9 nitrogen and oxygen atoms in total. The van der Waals surface area contributed by atoms with Crippen molar-refractivity contribution >= 4 is 38.9 Å². The number of para-hydroxylation sites is 1. The number of nitrogens with one attached hydrogen (secondary N) is 1. The van der Waals surface area contributed by atoms with E-state index in [-0.39, 0.29) is 58.9 Å². The van der Waals surface area contributed by atoms with Crippen LogP contribution in [0.15, 0.2) is 39.9 Å². The number of hydrogen-bond acceptors (Lipinski definition) is 7. The molecule has 1 saturated carbocycles. The minimum Gasteiger partial charge on any atom is -0.486 e. The summed E-state index contributed by atoms with van der Waals surface area (Å²) in [5, 5.41) is 14.6. The van der Waals surface area contributed by atoms with Gasteiger partial charge in [0.25, 0.3) is 15.9 Å².